The zero-order valence-electron chi connectivity index (χ0n) is 43.6. The lowest BCUT2D eigenvalue weighted by Gasteiger charge is -2.49. The second-order valence-electron chi connectivity index (χ2n) is 18.8. The van der Waals surface area contributed by atoms with Gasteiger partial charge in [0, 0.05) is 26.7 Å². The highest BCUT2D eigenvalue weighted by Gasteiger charge is 2.56. The Morgan fingerprint density at radius 3 is 1.52 bits per heavy atom. The maximum Gasteiger partial charge on any atom is 0.407 e. The van der Waals surface area contributed by atoms with Gasteiger partial charge in [-0.25, -0.2) is 24.0 Å². The Bertz CT molecular complexity index is 2970. The van der Waals surface area contributed by atoms with Crippen molar-refractivity contribution >= 4 is 47.8 Å². The summed E-state index contributed by atoms with van der Waals surface area (Å²) in [5.41, 5.74) is 3.89. The topological polar surface area (TPSA) is 293 Å². The number of alkyl carbamates (subject to hydrolysis) is 1. The van der Waals surface area contributed by atoms with Crippen LogP contribution in [0.1, 0.15) is 75.8 Å². The Morgan fingerprint density at radius 2 is 1.01 bits per heavy atom. The number of hydrogen-bond acceptors (Lipinski definition) is 19. The average molecular weight is 1100 g/mol. The van der Waals surface area contributed by atoms with Crippen molar-refractivity contribution in [1.29, 1.82) is 0 Å². The van der Waals surface area contributed by atoms with Crippen LogP contribution in [0.3, 0.4) is 0 Å². The molecule has 0 radical (unpaired) electrons. The van der Waals surface area contributed by atoms with Crippen molar-refractivity contribution in [2.45, 2.75) is 107 Å². The fourth-order valence-corrected chi connectivity index (χ4v) is 9.59. The molecule has 2 fully saturated rings. The quantitative estimate of drug-likeness (QED) is 0.0596. The van der Waals surface area contributed by atoms with E-state index in [1.54, 1.807) is 54.6 Å². The summed E-state index contributed by atoms with van der Waals surface area (Å²) in [6, 6.07) is 34.7. The van der Waals surface area contributed by atoms with Crippen molar-refractivity contribution < 1.29 is 95.9 Å². The predicted octanol–water partition coefficient (Wildman–Crippen LogP) is 4.89. The van der Waals surface area contributed by atoms with Gasteiger partial charge in [0.25, 0.3) is 0 Å². The highest BCUT2D eigenvalue weighted by atomic mass is 16.7. The molecular weight excluding hydrogens is 1040 g/mol. The number of benzene rings is 5. The maximum atomic E-state index is 13.9. The maximum absolute atomic E-state index is 13.9. The second kappa shape index (κ2) is 26.4. The van der Waals surface area contributed by atoms with Gasteiger partial charge < -0.3 is 68.2 Å². The summed E-state index contributed by atoms with van der Waals surface area (Å²) in [6.45, 7) is 2.87. The summed E-state index contributed by atoms with van der Waals surface area (Å²) in [7, 11) is 0. The number of carboxylic acid groups (broad SMARTS) is 1. The summed E-state index contributed by atoms with van der Waals surface area (Å²) in [5.74, 6) is -7.35. The van der Waals surface area contributed by atoms with Crippen LogP contribution in [0.2, 0.25) is 0 Å². The molecule has 8 rings (SSSR count). The van der Waals surface area contributed by atoms with Gasteiger partial charge in [0.2, 0.25) is 5.91 Å². The highest BCUT2D eigenvalue weighted by molar-refractivity contribution is 5.91. The fraction of sp³-hybridized carbons (Fsp3) is 0.345. The number of aliphatic carboxylic acids is 1. The zero-order valence-corrected chi connectivity index (χ0v) is 43.6. The summed E-state index contributed by atoms with van der Waals surface area (Å²) in [5, 5.41) is 27.9. The van der Waals surface area contributed by atoms with Gasteiger partial charge >= 0.3 is 41.9 Å². The van der Waals surface area contributed by atoms with Gasteiger partial charge in [-0.05, 0) is 65.6 Å². The first-order valence-corrected chi connectivity index (χ1v) is 25.4. The van der Waals surface area contributed by atoms with Gasteiger partial charge in [-0.3, -0.25) is 14.4 Å². The molecule has 0 spiro atoms. The van der Waals surface area contributed by atoms with Gasteiger partial charge in [-0.15, -0.1) is 0 Å². The van der Waals surface area contributed by atoms with Crippen LogP contribution in [-0.2, 0) is 66.5 Å². The Balaban J connectivity index is 1.11. The number of rotatable bonds is 20. The summed E-state index contributed by atoms with van der Waals surface area (Å²) in [6.07, 6.45) is -19.1. The third kappa shape index (κ3) is 14.0. The van der Waals surface area contributed by atoms with Gasteiger partial charge in [-0.1, -0.05) is 103 Å². The number of hydrogen-bond donors (Lipinski definition) is 4. The van der Waals surface area contributed by atoms with E-state index in [4.69, 9.17) is 47.4 Å². The number of ether oxygens (including phenoxy) is 10. The standard InChI is InChI=1S/C58H58N2O20/c1-31(45(52(65)66)60-58(70)73-28-42-40-26-16-14-24-38(40)39-25-15-17-27-41(39)42)74-56-46(59-32(2)61)50(48(75-34(4)63)43(76-56)29-71-33(3)62)80-57-47(64)51(79-55(69)37-22-12-7-13-23-37)49(78-54(68)36-20-10-6-11-21-36)44(77-57)30-72-53(67)35-18-8-5-9-19-35/h5-27,31,42-51,56-57,64H,28-30H2,1-4H3,(H,59,61)(H,60,70)(H,65,66)/t31-,43-,44-,45+,46-,47-,48+,49-,50-,51-,56+,57+/m1/s1. The minimum Gasteiger partial charge on any atom is -0.480 e. The highest BCUT2D eigenvalue weighted by Crippen LogP contribution is 2.44. The molecule has 0 bridgehead atoms. The molecule has 3 aliphatic rings. The number of carbonyl (C=O) groups excluding carboxylic acids is 7. The Kier molecular flexibility index (Phi) is 19.0. The van der Waals surface area contributed by atoms with Crippen LogP contribution in [0, 0.1) is 0 Å². The van der Waals surface area contributed by atoms with E-state index in [9.17, 15) is 48.6 Å². The monoisotopic (exact) mass is 1100 g/mol. The molecule has 0 saturated carbocycles. The number of aliphatic hydroxyl groups excluding tert-OH is 1. The Labute approximate surface area is 458 Å². The molecule has 420 valence electrons. The van der Waals surface area contributed by atoms with Crippen LogP contribution < -0.4 is 10.6 Å². The van der Waals surface area contributed by atoms with Crippen molar-refractivity contribution in [2.24, 2.45) is 0 Å². The first-order valence-electron chi connectivity index (χ1n) is 25.4. The van der Waals surface area contributed by atoms with E-state index >= 15 is 0 Å². The number of esters is 5. The van der Waals surface area contributed by atoms with Crippen LogP contribution in [0.15, 0.2) is 140 Å². The third-order valence-electron chi connectivity index (χ3n) is 13.3. The lowest BCUT2D eigenvalue weighted by atomic mass is 9.94. The van der Waals surface area contributed by atoms with Crippen LogP contribution in [-0.4, -0.2) is 151 Å². The van der Waals surface area contributed by atoms with Crippen LogP contribution in [0.25, 0.3) is 11.1 Å². The molecule has 0 aromatic heterocycles. The number of aliphatic hydroxyl groups is 1. The molecule has 4 N–H and O–H groups in total. The normalized spacial score (nSPS) is 23.8. The summed E-state index contributed by atoms with van der Waals surface area (Å²) >= 11 is 0. The molecular formula is C58H58N2O20. The Morgan fingerprint density at radius 1 is 0.537 bits per heavy atom. The number of fused-ring (bicyclic) bond motifs is 3. The molecule has 2 saturated heterocycles. The van der Waals surface area contributed by atoms with Gasteiger partial charge in [0.05, 0.1) is 22.8 Å². The van der Waals surface area contributed by atoms with E-state index in [1.807, 2.05) is 48.5 Å². The van der Waals surface area contributed by atoms with Gasteiger partial charge in [0.15, 0.2) is 36.9 Å². The largest absolute Gasteiger partial charge is 0.480 e. The molecule has 12 atom stereocenters. The first kappa shape index (κ1) is 57.6. The van der Waals surface area contributed by atoms with Crippen LogP contribution in [0.5, 0.6) is 0 Å². The number of amides is 2. The molecule has 2 amide bonds. The minimum absolute atomic E-state index is 0.00382. The summed E-state index contributed by atoms with van der Waals surface area (Å²) < 4.78 is 59.7. The SMILES string of the molecule is CC(=O)N[C@H]1[C@@H](O[C@H](C)[C@H](NC(=O)OCC2c3ccccc3-c3ccccc32)C(=O)O)O[C@H](COC(C)=O)[C@H](OC(C)=O)[C@@H]1O[C@@H]1O[C@H](COC(=O)c2ccccc2)[C@@H](OC(=O)c2ccccc2)[C@H](OC(=O)c2ccccc2)[C@H]1O. The lowest BCUT2D eigenvalue weighted by Crippen LogP contribution is -2.69. The molecule has 22 nitrogen and oxygen atoms in total. The smallest absolute Gasteiger partial charge is 0.407 e. The summed E-state index contributed by atoms with van der Waals surface area (Å²) in [4.78, 5) is 106. The Hall–Kier alpha value is -8.54. The van der Waals surface area contributed by atoms with E-state index in [1.165, 1.54) is 43.3 Å². The van der Waals surface area contributed by atoms with Crippen molar-refractivity contribution in [2.75, 3.05) is 19.8 Å². The number of nitrogens with one attached hydrogen (secondary N) is 2. The zero-order chi connectivity index (χ0) is 57.0. The van der Waals surface area contributed by atoms with Crippen LogP contribution >= 0.6 is 0 Å². The van der Waals surface area contributed by atoms with Gasteiger partial charge in [-0.2, -0.15) is 0 Å². The minimum atomic E-state index is -2.15. The molecule has 0 unspecified atom stereocenters. The van der Waals surface area contributed by atoms with Crippen molar-refractivity contribution in [3.8, 4) is 11.1 Å². The van der Waals surface area contributed by atoms with Crippen molar-refractivity contribution in [1.82, 2.24) is 10.6 Å². The van der Waals surface area contributed by atoms with E-state index in [0.717, 1.165) is 43.0 Å². The average Bonchev–Trinajstić information content (AvgIpc) is 3.90. The molecule has 5 aromatic carbocycles. The second-order valence-corrected chi connectivity index (χ2v) is 18.8. The fourth-order valence-electron chi connectivity index (χ4n) is 9.59. The first-order chi connectivity index (χ1) is 38.5. The molecule has 1 aliphatic carbocycles. The molecule has 2 aliphatic heterocycles. The van der Waals surface area contributed by atoms with Gasteiger partial charge in [0.1, 0.15) is 50.3 Å². The van der Waals surface area contributed by atoms with Crippen molar-refractivity contribution in [3.05, 3.63) is 167 Å². The number of carbonyl (C=O) groups is 8. The molecule has 80 heavy (non-hydrogen) atoms. The van der Waals surface area contributed by atoms with E-state index < -0.39 is 135 Å². The number of carboxylic acids is 1. The van der Waals surface area contributed by atoms with E-state index in [2.05, 4.69) is 10.6 Å². The third-order valence-corrected chi connectivity index (χ3v) is 13.3. The van der Waals surface area contributed by atoms with E-state index in [0.29, 0.717) is 0 Å². The van der Waals surface area contributed by atoms with Crippen LogP contribution in [0.4, 0.5) is 4.79 Å². The van der Waals surface area contributed by atoms with Crippen molar-refractivity contribution in [3.63, 3.8) is 0 Å². The van der Waals surface area contributed by atoms with E-state index in [-0.39, 0.29) is 29.2 Å². The molecule has 5 aromatic rings. The lowest BCUT2D eigenvalue weighted by molar-refractivity contribution is -0.347. The predicted molar refractivity (Wildman–Crippen MR) is 276 cm³/mol. The molecule has 2 heterocycles. The molecule has 22 heteroatoms.